The summed E-state index contributed by atoms with van der Waals surface area (Å²) in [6, 6.07) is 32.2. The molecule has 0 bridgehead atoms. The number of thiophene rings is 1. The lowest BCUT2D eigenvalue weighted by Crippen LogP contribution is -2.49. The lowest BCUT2D eigenvalue weighted by molar-refractivity contribution is -0.135. The van der Waals surface area contributed by atoms with Crippen molar-refractivity contribution in [2.75, 3.05) is 13.1 Å². The Balaban J connectivity index is 0.000000297. The topological polar surface area (TPSA) is 235 Å². The fourth-order valence-electron chi connectivity index (χ4n) is 8.13. The van der Waals surface area contributed by atoms with Crippen LogP contribution in [0.15, 0.2) is 152 Å². The van der Waals surface area contributed by atoms with Crippen molar-refractivity contribution < 1.29 is 48.1 Å². The maximum Gasteiger partial charge on any atom is 0.408 e. The number of ether oxygens (including phenoxy) is 3. The molecule has 20 heteroatoms. The Hall–Kier alpha value is -8.39. The summed E-state index contributed by atoms with van der Waals surface area (Å²) in [5, 5.41) is 19.9. The minimum absolute atomic E-state index is 0.188. The van der Waals surface area contributed by atoms with Gasteiger partial charge >= 0.3 is 24.4 Å². The van der Waals surface area contributed by atoms with Crippen molar-refractivity contribution in [1.29, 1.82) is 0 Å². The van der Waals surface area contributed by atoms with Gasteiger partial charge in [0.15, 0.2) is 0 Å². The highest BCUT2D eigenvalue weighted by Gasteiger charge is 2.30. The first kappa shape index (κ1) is 63.4. The molecular weight excluding hydrogens is 1050 g/mol. The summed E-state index contributed by atoms with van der Waals surface area (Å²) in [6.45, 7) is 13.2. The number of pyridine rings is 3. The zero-order valence-electron chi connectivity index (χ0n) is 47.2. The summed E-state index contributed by atoms with van der Waals surface area (Å²) in [7, 11) is 0. The highest BCUT2D eigenvalue weighted by atomic mass is 32.1. The maximum atomic E-state index is 13.9. The van der Waals surface area contributed by atoms with Crippen molar-refractivity contribution in [3.05, 3.63) is 184 Å². The van der Waals surface area contributed by atoms with Crippen LogP contribution >= 0.6 is 11.3 Å². The Labute approximate surface area is 479 Å². The van der Waals surface area contributed by atoms with Crippen LogP contribution < -0.4 is 16.0 Å². The number of carbonyl (C=O) groups excluding carboxylic acids is 5. The van der Waals surface area contributed by atoms with Gasteiger partial charge in [0.2, 0.25) is 11.8 Å². The Bertz CT molecular complexity index is 2770. The maximum absolute atomic E-state index is 13.9. The van der Waals surface area contributed by atoms with Gasteiger partial charge in [0.05, 0.1) is 6.54 Å². The number of hydrogen-bond acceptors (Lipinski definition) is 13. The van der Waals surface area contributed by atoms with Crippen molar-refractivity contribution in [1.82, 2.24) is 45.6 Å². The highest BCUT2D eigenvalue weighted by molar-refractivity contribution is 7.09. The second-order valence-electron chi connectivity index (χ2n) is 21.1. The highest BCUT2D eigenvalue weighted by Crippen LogP contribution is 2.20. The van der Waals surface area contributed by atoms with Crippen molar-refractivity contribution in [3.8, 4) is 0 Å². The lowest BCUT2D eigenvalue weighted by atomic mass is 10.1. The van der Waals surface area contributed by atoms with E-state index in [9.17, 15) is 33.9 Å². The van der Waals surface area contributed by atoms with Gasteiger partial charge in [-0.1, -0.05) is 72.8 Å². The molecule has 0 unspecified atom stereocenters. The lowest BCUT2D eigenvalue weighted by Gasteiger charge is -2.29. The van der Waals surface area contributed by atoms with Crippen molar-refractivity contribution in [3.63, 3.8) is 0 Å². The molecule has 0 radical (unpaired) electrons. The molecule has 0 aliphatic heterocycles. The molecule has 0 fully saturated rings. The van der Waals surface area contributed by atoms with Gasteiger partial charge in [0, 0.05) is 81.3 Å². The summed E-state index contributed by atoms with van der Waals surface area (Å²) < 4.78 is 16.1. The number of aromatic nitrogens is 3. The van der Waals surface area contributed by atoms with Gasteiger partial charge in [-0.2, -0.15) is 0 Å². The number of rotatable bonds is 26. The number of unbranched alkanes of at least 4 members (excludes halogenated alkanes) is 2. The molecule has 2 atom stereocenters. The first-order valence-corrected chi connectivity index (χ1v) is 27.9. The van der Waals surface area contributed by atoms with Crippen LogP contribution in [0.4, 0.5) is 19.2 Å². The summed E-state index contributed by atoms with van der Waals surface area (Å²) in [4.78, 5) is 95.1. The van der Waals surface area contributed by atoms with Crippen LogP contribution in [0, 0.1) is 0 Å². The van der Waals surface area contributed by atoms with Gasteiger partial charge < -0.3 is 50.0 Å². The van der Waals surface area contributed by atoms with Gasteiger partial charge in [-0.25, -0.2) is 19.2 Å². The van der Waals surface area contributed by atoms with Gasteiger partial charge in [-0.15, -0.1) is 11.3 Å². The molecule has 4 heterocycles. The normalized spacial score (nSPS) is 11.8. The Kier molecular flexibility index (Phi) is 26.0. The SMILES string of the molecule is CC(C)(C)OC(=O)N[C@@H](CCCCN(Cc1ccccc1)C(=O)O)C(=O)N(Cc1cccnc1)Cc1cccs1.CC(C)(C)OC(=O)N[C@@H](CCCCNC(=O)OCc1ccccc1)C(=O)N(Cc1ccncc1)Cc1ccncc1. The quantitative estimate of drug-likeness (QED) is 0.0293. The van der Waals surface area contributed by atoms with E-state index in [0.29, 0.717) is 77.8 Å². The predicted molar refractivity (Wildman–Crippen MR) is 309 cm³/mol. The van der Waals surface area contributed by atoms with Gasteiger partial charge in [0.25, 0.3) is 0 Å². The molecule has 6 aromatic rings. The fraction of sp³-hybridized carbons (Fsp3) is 0.393. The Morgan fingerprint density at radius 1 is 0.519 bits per heavy atom. The predicted octanol–water partition coefficient (Wildman–Crippen LogP) is 10.9. The van der Waals surface area contributed by atoms with E-state index in [1.165, 1.54) is 4.90 Å². The minimum Gasteiger partial charge on any atom is -0.465 e. The van der Waals surface area contributed by atoms with E-state index in [4.69, 9.17) is 14.2 Å². The Morgan fingerprint density at radius 3 is 1.49 bits per heavy atom. The van der Waals surface area contributed by atoms with Crippen molar-refractivity contribution >= 4 is 47.5 Å². The van der Waals surface area contributed by atoms with Crippen LogP contribution in [0.3, 0.4) is 0 Å². The minimum atomic E-state index is -0.998. The largest absolute Gasteiger partial charge is 0.465 e. The molecule has 0 saturated heterocycles. The summed E-state index contributed by atoms with van der Waals surface area (Å²) in [6.07, 6.45) is 10.2. The number of nitrogens with zero attached hydrogens (tertiary/aromatic N) is 6. The molecule has 4 N–H and O–H groups in total. The molecule has 2 aromatic carbocycles. The van der Waals surface area contributed by atoms with E-state index in [2.05, 4.69) is 30.9 Å². The van der Waals surface area contributed by atoms with Gasteiger partial charge in [0.1, 0.15) is 29.9 Å². The number of nitrogens with one attached hydrogen (secondary N) is 3. The summed E-state index contributed by atoms with van der Waals surface area (Å²) in [5.74, 6) is -0.470. The molecule has 0 aliphatic carbocycles. The zero-order valence-corrected chi connectivity index (χ0v) is 48.0. The fourth-order valence-corrected chi connectivity index (χ4v) is 8.85. The second kappa shape index (κ2) is 33.3. The molecule has 19 nitrogen and oxygen atoms in total. The number of benzene rings is 2. The van der Waals surface area contributed by atoms with E-state index < -0.39 is 47.7 Å². The number of alkyl carbamates (subject to hydrolysis) is 3. The first-order valence-electron chi connectivity index (χ1n) is 27.0. The number of hydrogen-bond donors (Lipinski definition) is 4. The molecule has 0 aliphatic rings. The van der Waals surface area contributed by atoms with Crippen LogP contribution in [0.25, 0.3) is 0 Å². The first-order chi connectivity index (χ1) is 38.8. The Morgan fingerprint density at radius 2 is 1.00 bits per heavy atom. The molecular formula is C61H77N9O10S. The number of amides is 6. The molecule has 81 heavy (non-hydrogen) atoms. The van der Waals surface area contributed by atoms with E-state index in [-0.39, 0.29) is 25.0 Å². The number of carbonyl (C=O) groups is 6. The van der Waals surface area contributed by atoms with E-state index in [1.807, 2.05) is 115 Å². The molecule has 6 amide bonds. The van der Waals surface area contributed by atoms with E-state index >= 15 is 0 Å². The van der Waals surface area contributed by atoms with Crippen LogP contribution in [0.1, 0.15) is 113 Å². The van der Waals surface area contributed by atoms with Gasteiger partial charge in [-0.05, 0) is 150 Å². The third kappa shape index (κ3) is 25.5. The molecule has 4 aromatic heterocycles. The van der Waals surface area contributed by atoms with Crippen LogP contribution in [-0.2, 0) is 63.1 Å². The third-order valence-corrected chi connectivity index (χ3v) is 12.8. The van der Waals surface area contributed by atoms with Crippen molar-refractivity contribution in [2.45, 2.75) is 143 Å². The standard InChI is InChI=1S/C31H39N5O5.C30H38N4O5S/c1-31(2,3)41-30(39)35-27(11-7-8-16-34-29(38)40-23-26-9-5-4-6-10-26)28(37)36(21-24-12-17-32-18-13-24)22-25-14-19-33-20-15-25;1-30(2,3)39-28(36)32-26(15-7-8-17-33(29(37)38)20-23-11-5-4-6-12-23)27(35)34(22-25-14-10-18-40-25)21-24-13-9-16-31-19-24/h4-6,9-10,12-15,17-20,27H,7-8,11,16,21-23H2,1-3H3,(H,34,38)(H,35,39);4-6,9-14,16,18-19,26H,7-8,15,17,20-22H2,1-3H3,(H,32,36)(H,37,38)/t27-;26-/m00/s1. The monoisotopic (exact) mass is 1130 g/mol. The molecule has 6 rings (SSSR count). The van der Waals surface area contributed by atoms with E-state index in [0.717, 1.165) is 32.7 Å². The average molecular weight is 1130 g/mol. The number of carboxylic acid groups (broad SMARTS) is 1. The molecule has 0 saturated carbocycles. The van der Waals surface area contributed by atoms with Crippen LogP contribution in [-0.4, -0.2) is 107 Å². The second-order valence-corrected chi connectivity index (χ2v) is 22.1. The summed E-state index contributed by atoms with van der Waals surface area (Å²) in [5.41, 5.74) is 3.08. The zero-order chi connectivity index (χ0) is 58.5. The van der Waals surface area contributed by atoms with Crippen LogP contribution in [0.2, 0.25) is 0 Å². The molecule has 432 valence electrons. The van der Waals surface area contributed by atoms with E-state index in [1.54, 1.807) is 99.9 Å². The van der Waals surface area contributed by atoms with Crippen molar-refractivity contribution in [2.24, 2.45) is 0 Å². The van der Waals surface area contributed by atoms with Crippen LogP contribution in [0.5, 0.6) is 0 Å². The third-order valence-electron chi connectivity index (χ3n) is 11.9. The average Bonchev–Trinajstić information content (AvgIpc) is 4.02. The molecule has 0 spiro atoms. The smallest absolute Gasteiger partial charge is 0.408 e. The van der Waals surface area contributed by atoms with Gasteiger partial charge in [-0.3, -0.25) is 24.5 Å². The summed E-state index contributed by atoms with van der Waals surface area (Å²) >= 11 is 1.56.